The SMILES string of the molecule is O=C(NCCc1cccc2cccnc12)c1ccn(-c2ccccc2F)n1. The van der Waals surface area contributed by atoms with Crippen LogP contribution in [-0.2, 0) is 6.42 Å². The molecule has 0 aliphatic heterocycles. The molecule has 0 radical (unpaired) electrons. The van der Waals surface area contributed by atoms with Crippen molar-refractivity contribution in [1.29, 1.82) is 0 Å². The molecule has 5 nitrogen and oxygen atoms in total. The van der Waals surface area contributed by atoms with Crippen LogP contribution < -0.4 is 5.32 Å². The molecule has 2 aromatic heterocycles. The van der Waals surface area contributed by atoms with E-state index in [4.69, 9.17) is 0 Å². The van der Waals surface area contributed by atoms with Crippen LogP contribution in [0, 0.1) is 5.82 Å². The maximum absolute atomic E-state index is 13.8. The van der Waals surface area contributed by atoms with Crippen molar-refractivity contribution in [1.82, 2.24) is 20.1 Å². The molecular formula is C21H17FN4O. The summed E-state index contributed by atoms with van der Waals surface area (Å²) in [6.45, 7) is 0.459. The Morgan fingerprint density at radius 3 is 2.78 bits per heavy atom. The summed E-state index contributed by atoms with van der Waals surface area (Å²) in [5.74, 6) is -0.686. The topological polar surface area (TPSA) is 59.8 Å². The third-order valence-corrected chi connectivity index (χ3v) is 4.32. The number of carbonyl (C=O) groups is 1. The molecule has 4 rings (SSSR count). The van der Waals surface area contributed by atoms with Gasteiger partial charge in [0.05, 0.1) is 5.52 Å². The molecule has 6 heteroatoms. The van der Waals surface area contributed by atoms with Gasteiger partial charge in [0, 0.05) is 24.3 Å². The van der Waals surface area contributed by atoms with Crippen molar-refractivity contribution in [2.24, 2.45) is 0 Å². The van der Waals surface area contributed by atoms with E-state index >= 15 is 0 Å². The summed E-state index contributed by atoms with van der Waals surface area (Å²) in [7, 11) is 0. The number of benzene rings is 2. The predicted molar refractivity (Wildman–Crippen MR) is 101 cm³/mol. The number of hydrogen-bond acceptors (Lipinski definition) is 3. The highest BCUT2D eigenvalue weighted by Gasteiger charge is 2.12. The number of amides is 1. The normalized spacial score (nSPS) is 10.9. The summed E-state index contributed by atoms with van der Waals surface area (Å²) in [6, 6.07) is 17.8. The molecule has 27 heavy (non-hydrogen) atoms. The Kier molecular flexibility index (Phi) is 4.61. The van der Waals surface area contributed by atoms with Crippen molar-refractivity contribution in [3.8, 4) is 5.69 Å². The molecule has 2 aromatic carbocycles. The number of nitrogens with one attached hydrogen (secondary N) is 1. The van der Waals surface area contributed by atoms with Gasteiger partial charge < -0.3 is 5.32 Å². The predicted octanol–water partition coefficient (Wildman–Crippen LogP) is 3.53. The smallest absolute Gasteiger partial charge is 0.271 e. The Hall–Kier alpha value is -3.54. The molecule has 0 aliphatic rings. The van der Waals surface area contributed by atoms with Crippen molar-refractivity contribution < 1.29 is 9.18 Å². The van der Waals surface area contributed by atoms with E-state index in [0.717, 1.165) is 16.5 Å². The third kappa shape index (κ3) is 3.55. The number of nitrogens with zero attached hydrogens (tertiary/aromatic N) is 3. The van der Waals surface area contributed by atoms with Gasteiger partial charge in [0.2, 0.25) is 0 Å². The molecule has 0 atom stereocenters. The lowest BCUT2D eigenvalue weighted by Gasteiger charge is -2.07. The minimum Gasteiger partial charge on any atom is -0.350 e. The Balaban J connectivity index is 1.42. The van der Waals surface area contributed by atoms with Gasteiger partial charge in [0.25, 0.3) is 5.91 Å². The van der Waals surface area contributed by atoms with Crippen LogP contribution in [-0.4, -0.2) is 27.2 Å². The van der Waals surface area contributed by atoms with E-state index in [0.29, 0.717) is 18.7 Å². The molecule has 0 saturated heterocycles. The number of fused-ring (bicyclic) bond motifs is 1. The molecule has 1 amide bonds. The van der Waals surface area contributed by atoms with Gasteiger partial charge in [-0.1, -0.05) is 36.4 Å². The van der Waals surface area contributed by atoms with Gasteiger partial charge >= 0.3 is 0 Å². The molecule has 134 valence electrons. The minimum absolute atomic E-state index is 0.245. The van der Waals surface area contributed by atoms with Crippen molar-refractivity contribution in [3.63, 3.8) is 0 Å². The van der Waals surface area contributed by atoms with Crippen LogP contribution in [0.15, 0.2) is 73.1 Å². The van der Waals surface area contributed by atoms with Gasteiger partial charge in [-0.15, -0.1) is 0 Å². The van der Waals surface area contributed by atoms with E-state index in [1.54, 1.807) is 36.7 Å². The van der Waals surface area contributed by atoms with Gasteiger partial charge in [-0.3, -0.25) is 9.78 Å². The number of rotatable bonds is 5. The lowest BCUT2D eigenvalue weighted by Crippen LogP contribution is -2.26. The van der Waals surface area contributed by atoms with Gasteiger partial charge in [-0.2, -0.15) is 5.10 Å². The largest absolute Gasteiger partial charge is 0.350 e. The second-order valence-corrected chi connectivity index (χ2v) is 6.10. The van der Waals surface area contributed by atoms with Crippen LogP contribution >= 0.6 is 0 Å². The highest BCUT2D eigenvalue weighted by Crippen LogP contribution is 2.16. The zero-order chi connectivity index (χ0) is 18.6. The van der Waals surface area contributed by atoms with E-state index in [1.165, 1.54) is 10.7 Å². The molecule has 2 heterocycles. The van der Waals surface area contributed by atoms with Crippen LogP contribution in [0.1, 0.15) is 16.1 Å². The summed E-state index contributed by atoms with van der Waals surface area (Å²) < 4.78 is 15.2. The quantitative estimate of drug-likeness (QED) is 0.592. The minimum atomic E-state index is -0.393. The fourth-order valence-corrected chi connectivity index (χ4v) is 2.99. The van der Waals surface area contributed by atoms with Crippen molar-refractivity contribution >= 4 is 16.8 Å². The van der Waals surface area contributed by atoms with Gasteiger partial charge in [0.1, 0.15) is 11.5 Å². The van der Waals surface area contributed by atoms with Gasteiger partial charge in [-0.25, -0.2) is 9.07 Å². The van der Waals surface area contributed by atoms with Crippen molar-refractivity contribution in [2.45, 2.75) is 6.42 Å². The van der Waals surface area contributed by atoms with E-state index in [-0.39, 0.29) is 11.6 Å². The van der Waals surface area contributed by atoms with E-state index in [9.17, 15) is 9.18 Å². The van der Waals surface area contributed by atoms with Gasteiger partial charge in [-0.05, 0) is 36.2 Å². The first kappa shape index (κ1) is 16.9. The highest BCUT2D eigenvalue weighted by molar-refractivity contribution is 5.92. The summed E-state index contributed by atoms with van der Waals surface area (Å²) in [4.78, 5) is 16.8. The first-order valence-corrected chi connectivity index (χ1v) is 8.64. The molecule has 4 aromatic rings. The van der Waals surface area contributed by atoms with Crippen LogP contribution in [0.5, 0.6) is 0 Å². The van der Waals surface area contributed by atoms with Crippen LogP contribution in [0.25, 0.3) is 16.6 Å². The number of hydrogen-bond donors (Lipinski definition) is 1. The molecule has 0 unspecified atom stereocenters. The Morgan fingerprint density at radius 2 is 1.89 bits per heavy atom. The summed E-state index contributed by atoms with van der Waals surface area (Å²) in [5.41, 5.74) is 2.57. The summed E-state index contributed by atoms with van der Waals surface area (Å²) >= 11 is 0. The number of pyridine rings is 1. The first-order chi connectivity index (χ1) is 13.2. The first-order valence-electron chi connectivity index (χ1n) is 8.64. The van der Waals surface area contributed by atoms with Crippen LogP contribution in [0.2, 0.25) is 0 Å². The average Bonchev–Trinajstić information content (AvgIpc) is 3.18. The van der Waals surface area contributed by atoms with E-state index in [1.807, 2.05) is 30.3 Å². The van der Waals surface area contributed by atoms with E-state index in [2.05, 4.69) is 15.4 Å². The average molecular weight is 360 g/mol. The molecule has 0 spiro atoms. The molecule has 0 fully saturated rings. The van der Waals surface area contributed by atoms with Crippen LogP contribution in [0.3, 0.4) is 0 Å². The standard InChI is InChI=1S/C21H17FN4O/c22-17-8-1-2-9-19(17)26-14-11-18(25-26)21(27)24-13-10-16-6-3-5-15-7-4-12-23-20(15)16/h1-9,11-12,14H,10,13H2,(H,24,27). The summed E-state index contributed by atoms with van der Waals surface area (Å²) in [5, 5.41) is 8.10. The van der Waals surface area contributed by atoms with Crippen LogP contribution in [0.4, 0.5) is 4.39 Å². The monoisotopic (exact) mass is 360 g/mol. The lowest BCUT2D eigenvalue weighted by atomic mass is 10.1. The number of para-hydroxylation sites is 2. The fraction of sp³-hybridized carbons (Fsp3) is 0.0952. The van der Waals surface area contributed by atoms with E-state index < -0.39 is 5.82 Å². The maximum Gasteiger partial charge on any atom is 0.271 e. The second kappa shape index (κ2) is 7.37. The maximum atomic E-state index is 13.8. The molecular weight excluding hydrogens is 343 g/mol. The number of aromatic nitrogens is 3. The highest BCUT2D eigenvalue weighted by atomic mass is 19.1. The zero-order valence-electron chi connectivity index (χ0n) is 14.5. The number of carbonyl (C=O) groups excluding carboxylic acids is 1. The van der Waals surface area contributed by atoms with Crippen molar-refractivity contribution in [2.75, 3.05) is 6.54 Å². The Bertz CT molecular complexity index is 1100. The fourth-order valence-electron chi connectivity index (χ4n) is 2.99. The molecule has 0 aliphatic carbocycles. The van der Waals surface area contributed by atoms with Crippen molar-refractivity contribution in [3.05, 3.63) is 90.1 Å². The molecule has 1 N–H and O–H groups in total. The van der Waals surface area contributed by atoms with Gasteiger partial charge in [0.15, 0.2) is 5.69 Å². The Morgan fingerprint density at radius 1 is 1.04 bits per heavy atom. The Labute approximate surface area is 155 Å². The summed E-state index contributed by atoms with van der Waals surface area (Å²) in [6.07, 6.45) is 4.00. The second-order valence-electron chi connectivity index (χ2n) is 6.10. The third-order valence-electron chi connectivity index (χ3n) is 4.32. The lowest BCUT2D eigenvalue weighted by molar-refractivity contribution is 0.0948. The zero-order valence-corrected chi connectivity index (χ0v) is 14.5. The molecule has 0 bridgehead atoms. The number of halogens is 1. The molecule has 0 saturated carbocycles.